The van der Waals surface area contributed by atoms with Gasteiger partial charge in [-0.1, -0.05) is 13.8 Å². The van der Waals surface area contributed by atoms with E-state index < -0.39 is 11.9 Å². The van der Waals surface area contributed by atoms with Crippen molar-refractivity contribution in [1.82, 2.24) is 15.6 Å². The number of aromatic nitrogens is 1. The molecule has 1 aromatic rings. The number of rotatable bonds is 8. The summed E-state index contributed by atoms with van der Waals surface area (Å²) in [6.45, 7) is 7.70. The lowest BCUT2D eigenvalue weighted by molar-refractivity contribution is -0.140. The first-order valence-electron chi connectivity index (χ1n) is 7.85. The van der Waals surface area contributed by atoms with Gasteiger partial charge in [0.05, 0.1) is 12.6 Å². The van der Waals surface area contributed by atoms with E-state index in [0.717, 1.165) is 23.1 Å². The van der Waals surface area contributed by atoms with Crippen molar-refractivity contribution in [3.8, 4) is 0 Å². The molecule has 10 heteroatoms. The van der Waals surface area contributed by atoms with Crippen molar-refractivity contribution in [2.75, 3.05) is 20.2 Å². The van der Waals surface area contributed by atoms with E-state index in [0.29, 0.717) is 30.0 Å². The number of aliphatic imine (C=N–C) groups is 1. The maximum absolute atomic E-state index is 12.5. The van der Waals surface area contributed by atoms with E-state index in [1.54, 1.807) is 7.05 Å². The Morgan fingerprint density at radius 1 is 1.36 bits per heavy atom. The van der Waals surface area contributed by atoms with Crippen LogP contribution in [-0.2, 0) is 17.5 Å². The van der Waals surface area contributed by atoms with Gasteiger partial charge in [-0.3, -0.25) is 4.99 Å². The maximum Gasteiger partial charge on any atom is 0.434 e. The van der Waals surface area contributed by atoms with Gasteiger partial charge in [-0.25, -0.2) is 4.98 Å². The van der Waals surface area contributed by atoms with Crippen LogP contribution in [0, 0.1) is 5.92 Å². The number of ether oxygens (including phenoxy) is 1. The topological polar surface area (TPSA) is 58.5 Å². The molecule has 0 aliphatic carbocycles. The Labute approximate surface area is 167 Å². The highest BCUT2D eigenvalue weighted by Gasteiger charge is 2.33. The van der Waals surface area contributed by atoms with Gasteiger partial charge in [0.25, 0.3) is 0 Å². The van der Waals surface area contributed by atoms with Crippen molar-refractivity contribution >= 4 is 41.3 Å². The van der Waals surface area contributed by atoms with Gasteiger partial charge in [-0.05, 0) is 19.3 Å². The van der Waals surface area contributed by atoms with Gasteiger partial charge >= 0.3 is 6.18 Å². The lowest BCUT2D eigenvalue weighted by atomic mass is 10.0. The first kappa shape index (κ1) is 24.4. The highest BCUT2D eigenvalue weighted by atomic mass is 127. The summed E-state index contributed by atoms with van der Waals surface area (Å²) in [5, 5.41) is 7.48. The zero-order chi connectivity index (χ0) is 18.2. The van der Waals surface area contributed by atoms with Crippen LogP contribution in [0.1, 0.15) is 37.9 Å². The first-order chi connectivity index (χ1) is 11.3. The molecule has 2 N–H and O–H groups in total. The molecule has 0 saturated heterocycles. The monoisotopic (exact) mass is 494 g/mol. The Morgan fingerprint density at radius 2 is 2.04 bits per heavy atom. The third-order valence-electron chi connectivity index (χ3n) is 3.32. The molecule has 25 heavy (non-hydrogen) atoms. The zero-order valence-electron chi connectivity index (χ0n) is 14.8. The molecule has 1 unspecified atom stereocenters. The number of nitrogens with zero attached hydrogens (tertiary/aromatic N) is 2. The number of guanidine groups is 1. The van der Waals surface area contributed by atoms with E-state index in [2.05, 4.69) is 34.5 Å². The Hall–Kier alpha value is -0.620. The molecule has 0 radical (unpaired) electrons. The van der Waals surface area contributed by atoms with E-state index in [9.17, 15) is 13.2 Å². The standard InChI is InChI=1S/C15H25F3N4OS.HI/c1-5-23-11(10(2)3)6-7-20-14(19-4)21-8-13-22-12(9-24-13)15(16,17)18;/h9-11H,5-8H2,1-4H3,(H2,19,20,21);1H. The van der Waals surface area contributed by atoms with Crippen LogP contribution < -0.4 is 10.6 Å². The van der Waals surface area contributed by atoms with Crippen LogP contribution in [-0.4, -0.2) is 37.2 Å². The molecule has 1 aromatic heterocycles. The Morgan fingerprint density at radius 3 is 2.52 bits per heavy atom. The molecule has 0 saturated carbocycles. The van der Waals surface area contributed by atoms with Crippen molar-refractivity contribution in [2.45, 2.75) is 46.0 Å². The number of alkyl halides is 3. The fourth-order valence-corrected chi connectivity index (χ4v) is 2.80. The van der Waals surface area contributed by atoms with Crippen LogP contribution in [0.15, 0.2) is 10.4 Å². The summed E-state index contributed by atoms with van der Waals surface area (Å²) >= 11 is 0.972. The molecule has 1 heterocycles. The molecule has 0 spiro atoms. The number of nitrogens with one attached hydrogen (secondary N) is 2. The minimum absolute atomic E-state index is 0. The lowest BCUT2D eigenvalue weighted by Gasteiger charge is -2.21. The first-order valence-corrected chi connectivity index (χ1v) is 8.73. The van der Waals surface area contributed by atoms with Crippen molar-refractivity contribution < 1.29 is 17.9 Å². The van der Waals surface area contributed by atoms with E-state index in [1.807, 2.05) is 6.92 Å². The summed E-state index contributed by atoms with van der Waals surface area (Å²) in [7, 11) is 1.61. The van der Waals surface area contributed by atoms with Crippen molar-refractivity contribution in [3.63, 3.8) is 0 Å². The SMILES string of the molecule is CCOC(CCNC(=NC)NCc1nc(C(F)(F)F)cs1)C(C)C.I. The van der Waals surface area contributed by atoms with Gasteiger partial charge < -0.3 is 15.4 Å². The number of halogens is 4. The molecule has 0 aromatic carbocycles. The van der Waals surface area contributed by atoms with E-state index in [-0.39, 0.29) is 36.6 Å². The zero-order valence-corrected chi connectivity index (χ0v) is 18.0. The molecule has 0 bridgehead atoms. The fraction of sp³-hybridized carbons (Fsp3) is 0.733. The Balaban J connectivity index is 0.00000576. The molecule has 1 rings (SSSR count). The van der Waals surface area contributed by atoms with Crippen LogP contribution in [0.3, 0.4) is 0 Å². The molecule has 0 aliphatic rings. The van der Waals surface area contributed by atoms with Gasteiger partial charge in [0.1, 0.15) is 5.01 Å². The largest absolute Gasteiger partial charge is 0.434 e. The third kappa shape index (κ3) is 9.04. The summed E-state index contributed by atoms with van der Waals surface area (Å²) in [5.74, 6) is 0.940. The van der Waals surface area contributed by atoms with E-state index in [1.165, 1.54) is 0 Å². The van der Waals surface area contributed by atoms with Gasteiger partial charge in [-0.15, -0.1) is 35.3 Å². The smallest absolute Gasteiger partial charge is 0.378 e. The Kier molecular flexibility index (Phi) is 11.6. The molecule has 0 aliphatic heterocycles. The van der Waals surface area contributed by atoms with Crippen molar-refractivity contribution in [2.24, 2.45) is 10.9 Å². The van der Waals surface area contributed by atoms with Crippen LogP contribution in [0.4, 0.5) is 13.2 Å². The molecule has 0 amide bonds. The fourth-order valence-electron chi connectivity index (χ4n) is 2.06. The van der Waals surface area contributed by atoms with Crippen LogP contribution in [0.2, 0.25) is 0 Å². The minimum atomic E-state index is -4.40. The Bertz CT molecular complexity index is 523. The molecule has 146 valence electrons. The maximum atomic E-state index is 12.5. The molecule has 0 fully saturated rings. The number of hydrogen-bond acceptors (Lipinski definition) is 4. The van der Waals surface area contributed by atoms with Crippen LogP contribution >= 0.6 is 35.3 Å². The molecule has 1 atom stereocenters. The van der Waals surface area contributed by atoms with Crippen LogP contribution in [0.25, 0.3) is 0 Å². The van der Waals surface area contributed by atoms with Crippen molar-refractivity contribution in [1.29, 1.82) is 0 Å². The molecule has 5 nitrogen and oxygen atoms in total. The third-order valence-corrected chi connectivity index (χ3v) is 4.17. The van der Waals surface area contributed by atoms with Gasteiger partial charge in [-0.2, -0.15) is 13.2 Å². The van der Waals surface area contributed by atoms with Gasteiger partial charge in [0, 0.05) is 25.6 Å². The second-order valence-electron chi connectivity index (χ2n) is 5.50. The predicted molar refractivity (Wildman–Crippen MR) is 106 cm³/mol. The van der Waals surface area contributed by atoms with Gasteiger partial charge in [0.15, 0.2) is 11.7 Å². The summed E-state index contributed by atoms with van der Waals surface area (Å²) < 4.78 is 43.2. The molecular formula is C15H26F3IN4OS. The summed E-state index contributed by atoms with van der Waals surface area (Å²) in [6.07, 6.45) is -3.42. The number of thiazole rings is 1. The summed E-state index contributed by atoms with van der Waals surface area (Å²) in [6, 6.07) is 0. The predicted octanol–water partition coefficient (Wildman–Crippen LogP) is 3.90. The average molecular weight is 494 g/mol. The normalized spacial score (nSPS) is 13.5. The highest BCUT2D eigenvalue weighted by molar-refractivity contribution is 14.0. The van der Waals surface area contributed by atoms with Crippen molar-refractivity contribution in [3.05, 3.63) is 16.1 Å². The second kappa shape index (κ2) is 11.9. The summed E-state index contributed by atoms with van der Waals surface area (Å²) in [5.41, 5.74) is -0.858. The minimum Gasteiger partial charge on any atom is -0.378 e. The quantitative estimate of drug-likeness (QED) is 0.327. The molecular weight excluding hydrogens is 468 g/mol. The highest BCUT2D eigenvalue weighted by Crippen LogP contribution is 2.29. The van der Waals surface area contributed by atoms with E-state index in [4.69, 9.17) is 4.74 Å². The van der Waals surface area contributed by atoms with E-state index >= 15 is 0 Å². The second-order valence-corrected chi connectivity index (χ2v) is 6.45. The van der Waals surface area contributed by atoms with Gasteiger partial charge in [0.2, 0.25) is 0 Å². The number of hydrogen-bond donors (Lipinski definition) is 2. The average Bonchev–Trinajstić information content (AvgIpc) is 2.98. The lowest BCUT2D eigenvalue weighted by Crippen LogP contribution is -2.38. The van der Waals surface area contributed by atoms with Crippen LogP contribution in [0.5, 0.6) is 0 Å². The summed E-state index contributed by atoms with van der Waals surface area (Å²) in [4.78, 5) is 7.63.